The van der Waals surface area contributed by atoms with Crippen molar-refractivity contribution in [3.05, 3.63) is 71.1 Å². The van der Waals surface area contributed by atoms with Gasteiger partial charge in [-0.2, -0.15) is 0 Å². The Morgan fingerprint density at radius 2 is 1.87 bits per heavy atom. The van der Waals surface area contributed by atoms with Crippen LogP contribution in [0, 0.1) is 0 Å². The third kappa shape index (κ3) is 3.72. The van der Waals surface area contributed by atoms with Crippen LogP contribution in [0.3, 0.4) is 0 Å². The van der Waals surface area contributed by atoms with Gasteiger partial charge in [0.2, 0.25) is 17.7 Å². The maximum atomic E-state index is 13.2. The van der Waals surface area contributed by atoms with E-state index in [0.29, 0.717) is 31.0 Å². The van der Waals surface area contributed by atoms with Gasteiger partial charge in [0.1, 0.15) is 18.1 Å². The molecule has 0 bridgehead atoms. The van der Waals surface area contributed by atoms with Gasteiger partial charge in [-0.15, -0.1) is 0 Å². The van der Waals surface area contributed by atoms with E-state index in [0.717, 1.165) is 55.0 Å². The van der Waals surface area contributed by atoms with Gasteiger partial charge in [0.05, 0.1) is 18.8 Å². The number of hydrogen-bond acceptors (Lipinski definition) is 7. The molecule has 1 unspecified atom stereocenters. The zero-order valence-corrected chi connectivity index (χ0v) is 20.9. The molecule has 3 amide bonds. The molecule has 7 rings (SSSR count). The Hall–Kier alpha value is -3.98. The molecule has 2 aromatic carbocycles. The number of piperidine rings is 2. The molecular formula is C29H28N4O5. The third-order valence-corrected chi connectivity index (χ3v) is 8.50. The van der Waals surface area contributed by atoms with E-state index in [1.807, 2.05) is 42.5 Å². The fourth-order valence-corrected chi connectivity index (χ4v) is 6.36. The van der Waals surface area contributed by atoms with E-state index in [2.05, 4.69) is 15.2 Å². The monoisotopic (exact) mass is 512 g/mol. The number of likely N-dealkylation sites (tertiary alicyclic amines) is 1. The first kappa shape index (κ1) is 23.2. The Labute approximate surface area is 219 Å². The second-order valence-electron chi connectivity index (χ2n) is 10.7. The van der Waals surface area contributed by atoms with Crippen LogP contribution in [0.1, 0.15) is 52.9 Å². The number of nitrogens with one attached hydrogen (secondary N) is 1. The van der Waals surface area contributed by atoms with Gasteiger partial charge in [-0.1, -0.05) is 24.3 Å². The van der Waals surface area contributed by atoms with Crippen LogP contribution in [-0.2, 0) is 28.1 Å². The molecule has 2 fully saturated rings. The highest BCUT2D eigenvalue weighted by Crippen LogP contribution is 2.49. The lowest BCUT2D eigenvalue weighted by Gasteiger charge is -2.38. The highest BCUT2D eigenvalue weighted by molar-refractivity contribution is 6.05. The molecule has 0 saturated carbocycles. The Morgan fingerprint density at radius 3 is 2.66 bits per heavy atom. The second kappa shape index (κ2) is 8.80. The first-order chi connectivity index (χ1) is 18.5. The summed E-state index contributed by atoms with van der Waals surface area (Å²) >= 11 is 0. The number of oxazole rings is 1. The van der Waals surface area contributed by atoms with Crippen molar-refractivity contribution >= 4 is 17.7 Å². The van der Waals surface area contributed by atoms with Crippen molar-refractivity contribution < 1.29 is 23.5 Å². The molecule has 0 aliphatic carbocycles. The predicted molar refractivity (Wildman–Crippen MR) is 136 cm³/mol. The number of fused-ring (bicyclic) bond motifs is 4. The fraction of sp³-hybridized carbons (Fsp3) is 0.379. The van der Waals surface area contributed by atoms with Gasteiger partial charge in [0.15, 0.2) is 0 Å². The van der Waals surface area contributed by atoms with Gasteiger partial charge >= 0.3 is 0 Å². The molecule has 2 saturated heterocycles. The maximum Gasteiger partial charge on any atom is 0.255 e. The smallest absolute Gasteiger partial charge is 0.255 e. The number of ether oxygens (including phenoxy) is 1. The van der Waals surface area contributed by atoms with Crippen molar-refractivity contribution in [2.45, 2.75) is 50.2 Å². The minimum atomic E-state index is -0.624. The highest BCUT2D eigenvalue weighted by Gasteiger charge is 2.47. The molecule has 9 nitrogen and oxygen atoms in total. The summed E-state index contributed by atoms with van der Waals surface area (Å²) in [7, 11) is 0. The average molecular weight is 513 g/mol. The SMILES string of the molecule is O=C1CCC(N2Cc3c(ccc4c3OCC43CCN(Cc4coc(-c5ccccc5)n4)CC3)C2=O)C(=O)N1. The molecule has 194 valence electrons. The summed E-state index contributed by atoms with van der Waals surface area (Å²) in [4.78, 5) is 45.9. The van der Waals surface area contributed by atoms with E-state index in [-0.39, 0.29) is 23.7 Å². The predicted octanol–water partition coefficient (Wildman–Crippen LogP) is 3.03. The van der Waals surface area contributed by atoms with Crippen molar-refractivity contribution in [3.8, 4) is 17.2 Å². The van der Waals surface area contributed by atoms with E-state index in [1.54, 1.807) is 11.2 Å². The summed E-state index contributed by atoms with van der Waals surface area (Å²) in [6.45, 7) is 3.49. The summed E-state index contributed by atoms with van der Waals surface area (Å²) in [5, 5.41) is 2.37. The van der Waals surface area contributed by atoms with Crippen molar-refractivity contribution in [2.24, 2.45) is 0 Å². The number of aromatic nitrogens is 1. The Balaban J connectivity index is 1.05. The third-order valence-electron chi connectivity index (χ3n) is 8.50. The van der Waals surface area contributed by atoms with Crippen LogP contribution < -0.4 is 10.1 Å². The molecule has 1 N–H and O–H groups in total. The molecule has 4 aliphatic heterocycles. The Morgan fingerprint density at radius 1 is 1.05 bits per heavy atom. The molecule has 4 aliphatic rings. The summed E-state index contributed by atoms with van der Waals surface area (Å²) in [5.74, 6) is 0.601. The first-order valence-electron chi connectivity index (χ1n) is 13.2. The number of imide groups is 1. The number of carbonyl (C=O) groups is 3. The molecule has 1 spiro atoms. The second-order valence-corrected chi connectivity index (χ2v) is 10.7. The normalized spacial score (nSPS) is 22.4. The average Bonchev–Trinajstić information content (AvgIpc) is 3.63. The van der Waals surface area contributed by atoms with Crippen LogP contribution in [-0.4, -0.2) is 58.2 Å². The van der Waals surface area contributed by atoms with Crippen LogP contribution in [0.15, 0.2) is 53.1 Å². The maximum absolute atomic E-state index is 13.2. The van der Waals surface area contributed by atoms with Crippen molar-refractivity contribution in [2.75, 3.05) is 19.7 Å². The first-order valence-corrected chi connectivity index (χ1v) is 13.2. The number of nitrogens with zero attached hydrogens (tertiary/aromatic N) is 3. The largest absolute Gasteiger partial charge is 0.492 e. The quantitative estimate of drug-likeness (QED) is 0.536. The van der Waals surface area contributed by atoms with E-state index in [4.69, 9.17) is 9.15 Å². The van der Waals surface area contributed by atoms with Gasteiger partial charge in [-0.3, -0.25) is 24.6 Å². The zero-order chi connectivity index (χ0) is 25.9. The lowest BCUT2D eigenvalue weighted by Crippen LogP contribution is -2.52. The lowest BCUT2D eigenvalue weighted by atomic mass is 9.74. The van der Waals surface area contributed by atoms with Crippen LogP contribution in [0.25, 0.3) is 11.5 Å². The Bertz CT molecular complexity index is 1440. The van der Waals surface area contributed by atoms with Crippen LogP contribution in [0.5, 0.6) is 5.75 Å². The molecule has 1 aromatic heterocycles. The van der Waals surface area contributed by atoms with Gasteiger partial charge in [-0.05, 0) is 50.6 Å². The van der Waals surface area contributed by atoms with Crippen molar-refractivity contribution in [1.29, 1.82) is 0 Å². The lowest BCUT2D eigenvalue weighted by molar-refractivity contribution is -0.136. The van der Waals surface area contributed by atoms with Gasteiger partial charge < -0.3 is 14.1 Å². The van der Waals surface area contributed by atoms with Crippen molar-refractivity contribution in [3.63, 3.8) is 0 Å². The molecule has 1 atom stereocenters. The number of hydrogen-bond donors (Lipinski definition) is 1. The van der Waals surface area contributed by atoms with Crippen LogP contribution in [0.2, 0.25) is 0 Å². The minimum absolute atomic E-state index is 0.0784. The number of rotatable bonds is 4. The summed E-state index contributed by atoms with van der Waals surface area (Å²) in [6.07, 6.45) is 4.24. The summed E-state index contributed by atoms with van der Waals surface area (Å²) in [5.41, 5.74) is 4.45. The molecular weight excluding hydrogens is 484 g/mol. The number of amides is 3. The van der Waals surface area contributed by atoms with E-state index < -0.39 is 11.9 Å². The topological polar surface area (TPSA) is 105 Å². The molecule has 5 heterocycles. The van der Waals surface area contributed by atoms with E-state index >= 15 is 0 Å². The van der Waals surface area contributed by atoms with E-state index in [9.17, 15) is 14.4 Å². The van der Waals surface area contributed by atoms with Crippen LogP contribution in [0.4, 0.5) is 0 Å². The fourth-order valence-electron chi connectivity index (χ4n) is 6.36. The Kier molecular flexibility index (Phi) is 5.36. The van der Waals surface area contributed by atoms with Crippen LogP contribution >= 0.6 is 0 Å². The van der Waals surface area contributed by atoms with E-state index in [1.165, 1.54) is 5.56 Å². The number of carbonyl (C=O) groups excluding carboxylic acids is 3. The molecule has 0 radical (unpaired) electrons. The highest BCUT2D eigenvalue weighted by atomic mass is 16.5. The summed E-state index contributed by atoms with van der Waals surface area (Å²) < 4.78 is 12.0. The minimum Gasteiger partial charge on any atom is -0.492 e. The van der Waals surface area contributed by atoms with Gasteiger partial charge in [-0.25, -0.2) is 4.98 Å². The summed E-state index contributed by atoms with van der Waals surface area (Å²) in [6, 6.07) is 13.2. The number of benzene rings is 2. The van der Waals surface area contributed by atoms with Crippen molar-refractivity contribution in [1.82, 2.24) is 20.1 Å². The molecule has 38 heavy (non-hydrogen) atoms. The van der Waals surface area contributed by atoms with Gasteiger partial charge in [0, 0.05) is 40.6 Å². The van der Waals surface area contributed by atoms with Gasteiger partial charge in [0.25, 0.3) is 5.91 Å². The standard InChI is InChI=1S/C29H28N4O5/c34-24-9-8-23(26(35)31-24)33-15-21-20(28(33)36)6-7-22-25(21)38-17-29(22)10-12-32(13-11-29)14-19-16-37-27(30-19)18-4-2-1-3-5-18/h1-7,16,23H,8-15,17H2,(H,31,34,35). The molecule has 3 aromatic rings. The zero-order valence-electron chi connectivity index (χ0n) is 20.9. The molecule has 9 heteroatoms.